The summed E-state index contributed by atoms with van der Waals surface area (Å²) in [5.41, 5.74) is 11.1. The van der Waals surface area contributed by atoms with E-state index in [1.54, 1.807) is 0 Å². The second-order valence-electron chi connectivity index (χ2n) is 19.7. The van der Waals surface area contributed by atoms with Gasteiger partial charge in [0, 0.05) is 63.3 Å². The number of H-pyrrole nitrogens is 2. The molecule has 0 spiro atoms. The smallest absolute Gasteiger partial charge is 0.164 e. The van der Waals surface area contributed by atoms with Gasteiger partial charge in [-0.3, -0.25) is 0 Å². The molecule has 2 aliphatic heterocycles. The number of hydrogen-bond donors (Lipinski definition) is 2. The molecule has 2 N–H and O–H groups in total. The van der Waals surface area contributed by atoms with Gasteiger partial charge in [0.25, 0.3) is 0 Å². The van der Waals surface area contributed by atoms with Gasteiger partial charge in [0.2, 0.25) is 0 Å². The Labute approximate surface area is 347 Å². The van der Waals surface area contributed by atoms with Crippen molar-refractivity contribution in [1.29, 1.82) is 0 Å². The fraction of sp³-hybridized carbons (Fsp3) is 0.333. The fourth-order valence-corrected chi connectivity index (χ4v) is 7.66. The minimum atomic E-state index is -0.0686. The Bertz CT molecular complexity index is 2760. The molecule has 0 aliphatic carbocycles. The van der Waals surface area contributed by atoms with Gasteiger partial charge in [-0.2, -0.15) is 0 Å². The summed E-state index contributed by atoms with van der Waals surface area (Å²) >= 11 is 0. The van der Waals surface area contributed by atoms with E-state index in [0.717, 1.165) is 43.8 Å². The molecule has 2 aliphatic rings. The molecule has 0 radical (unpaired) electrons. The van der Waals surface area contributed by atoms with Gasteiger partial charge in [-0.05, 0) is 68.2 Å². The molecule has 0 unspecified atom stereocenters. The molecule has 284 valence electrons. The molecule has 57 heavy (non-hydrogen) atoms. The van der Waals surface area contributed by atoms with E-state index in [1.807, 2.05) is 0 Å². The second-order valence-corrected chi connectivity index (χ2v) is 19.7. The van der Waals surface area contributed by atoms with Gasteiger partial charge in [-0.1, -0.05) is 132 Å². The van der Waals surface area contributed by atoms with Crippen molar-refractivity contribution in [3.05, 3.63) is 95.1 Å². The normalized spacial score (nSPS) is 13.1. The second kappa shape index (κ2) is 12.9. The Hall–Kier alpha value is -5.14. The first-order valence-corrected chi connectivity index (χ1v) is 19.6. The number of nitrogens with one attached hydrogen (secondary N) is 2. The number of aromatic nitrogens is 8. The Morgan fingerprint density at radius 3 is 0.930 bits per heavy atom. The maximum Gasteiger partial charge on any atom is 0.164 e. The standard InChI is InChI=1S/C48H50N8.Zn/c1-45(2,3)25-13-17-29-33(21-25)41-49-37(29)54-42-35-23-27(47(7,8)9)15-19-31(35)39(51-42)56-44-36-24-28(48(10,11)12)16-20-32(36)40(52-44)55-43-34-22-26(46(4,5)6)14-18-30(34)38(50-43)53-41;/h13-24H,1-12H3,(H2,49,50,51,52,53,54,55,56);. The van der Waals surface area contributed by atoms with Gasteiger partial charge in [0.15, 0.2) is 23.3 Å². The van der Waals surface area contributed by atoms with Crippen LogP contribution < -0.4 is 0 Å². The molecule has 9 rings (SSSR count). The molecule has 0 saturated carbocycles. The van der Waals surface area contributed by atoms with Crippen LogP contribution >= 0.6 is 0 Å². The zero-order chi connectivity index (χ0) is 39.7. The summed E-state index contributed by atoms with van der Waals surface area (Å²) in [4.78, 5) is 38.9. The Morgan fingerprint density at radius 2 is 0.596 bits per heavy atom. The summed E-state index contributed by atoms with van der Waals surface area (Å²) in [5, 5.41) is 3.89. The van der Waals surface area contributed by atoms with E-state index in [9.17, 15) is 0 Å². The first kappa shape index (κ1) is 38.7. The minimum absolute atomic E-state index is 0. The van der Waals surface area contributed by atoms with Crippen LogP contribution in [0.5, 0.6) is 0 Å². The van der Waals surface area contributed by atoms with E-state index in [1.165, 1.54) is 22.3 Å². The maximum atomic E-state index is 5.32. The van der Waals surface area contributed by atoms with Crippen LogP contribution in [0.15, 0.2) is 72.8 Å². The third-order valence-corrected chi connectivity index (χ3v) is 11.3. The summed E-state index contributed by atoms with van der Waals surface area (Å²) in [6.45, 7) is 26.8. The van der Waals surface area contributed by atoms with Crippen LogP contribution in [0.3, 0.4) is 0 Å². The molecule has 7 aromatic rings. The summed E-state index contributed by atoms with van der Waals surface area (Å²) in [6.07, 6.45) is 0. The molecule has 0 saturated heterocycles. The number of rotatable bonds is 0. The third-order valence-electron chi connectivity index (χ3n) is 11.3. The van der Waals surface area contributed by atoms with Gasteiger partial charge in [0.1, 0.15) is 22.6 Å². The van der Waals surface area contributed by atoms with Crippen molar-refractivity contribution in [3.8, 4) is 45.6 Å². The average Bonchev–Trinajstić information content (AvgIpc) is 3.84. The van der Waals surface area contributed by atoms with Gasteiger partial charge in [-0.15, -0.1) is 0 Å². The minimum Gasteiger partial charge on any atom is -0.324 e. The molecular formula is C48H50N8Zn. The number of aromatic amines is 2. The van der Waals surface area contributed by atoms with Gasteiger partial charge in [-0.25, -0.2) is 29.9 Å². The predicted octanol–water partition coefficient (Wildman–Crippen LogP) is 12.1. The largest absolute Gasteiger partial charge is 0.324 e. The zero-order valence-corrected chi connectivity index (χ0v) is 38.3. The van der Waals surface area contributed by atoms with E-state index in [4.69, 9.17) is 29.9 Å². The topological polar surface area (TPSA) is 109 Å². The van der Waals surface area contributed by atoms with E-state index < -0.39 is 0 Å². The average molecular weight is 804 g/mol. The molecule has 5 heterocycles. The summed E-state index contributed by atoms with van der Waals surface area (Å²) in [7, 11) is 0. The van der Waals surface area contributed by atoms with Crippen LogP contribution in [-0.4, -0.2) is 39.9 Å². The van der Waals surface area contributed by atoms with Crippen molar-refractivity contribution < 1.29 is 19.5 Å². The molecule has 8 nitrogen and oxygen atoms in total. The Balaban J connectivity index is 0.00000455. The van der Waals surface area contributed by atoms with Crippen molar-refractivity contribution in [2.45, 2.75) is 105 Å². The van der Waals surface area contributed by atoms with Crippen molar-refractivity contribution >= 4 is 44.1 Å². The number of hydrogen-bond acceptors (Lipinski definition) is 6. The van der Waals surface area contributed by atoms with Crippen molar-refractivity contribution in [2.24, 2.45) is 0 Å². The van der Waals surface area contributed by atoms with Crippen molar-refractivity contribution in [1.82, 2.24) is 39.9 Å². The predicted molar refractivity (Wildman–Crippen MR) is 231 cm³/mol. The first-order chi connectivity index (χ1) is 26.2. The maximum absolute atomic E-state index is 5.32. The van der Waals surface area contributed by atoms with E-state index in [-0.39, 0.29) is 41.1 Å². The molecule has 4 aromatic carbocycles. The summed E-state index contributed by atoms with van der Waals surface area (Å²) < 4.78 is 0. The van der Waals surface area contributed by atoms with Crippen molar-refractivity contribution in [3.63, 3.8) is 0 Å². The SMILES string of the molecule is CC(C)(C)c1ccc2c(c1)-c1nc-2nc2[nH]c(nc3nc(nc4[nH]c(n1)c1ccc(C(C)(C)C)cc41)-c1ccc(C(C)(C)C)cc1-3)c1ccc(C(C)(C)C)cc21.[Zn]. The monoisotopic (exact) mass is 802 g/mol. The third kappa shape index (κ3) is 6.68. The number of benzene rings is 4. The fourth-order valence-electron chi connectivity index (χ4n) is 7.66. The van der Waals surface area contributed by atoms with E-state index >= 15 is 0 Å². The van der Waals surface area contributed by atoms with Gasteiger partial charge < -0.3 is 9.97 Å². The van der Waals surface area contributed by atoms with Crippen LogP contribution in [0.4, 0.5) is 0 Å². The summed E-state index contributed by atoms with van der Waals surface area (Å²) in [6, 6.07) is 26.3. The first-order valence-electron chi connectivity index (χ1n) is 19.6. The molecule has 9 heteroatoms. The van der Waals surface area contributed by atoms with Gasteiger partial charge >= 0.3 is 0 Å². The number of fused-ring (bicyclic) bond motifs is 20. The Kier molecular flexibility index (Phi) is 8.79. The molecule has 0 fully saturated rings. The molecule has 0 amide bonds. The van der Waals surface area contributed by atoms with Crippen LogP contribution in [0.25, 0.3) is 89.7 Å². The van der Waals surface area contributed by atoms with Crippen LogP contribution in [0, 0.1) is 0 Å². The zero-order valence-electron chi connectivity index (χ0n) is 35.3. The molecule has 8 bridgehead atoms. The van der Waals surface area contributed by atoms with Crippen molar-refractivity contribution in [2.75, 3.05) is 0 Å². The molecular weight excluding hydrogens is 754 g/mol. The van der Waals surface area contributed by atoms with Crippen LogP contribution in [0.2, 0.25) is 0 Å². The molecule has 0 atom stereocenters. The van der Waals surface area contributed by atoms with Crippen LogP contribution in [-0.2, 0) is 41.1 Å². The number of nitrogens with zero attached hydrogens (tertiary/aromatic N) is 6. The summed E-state index contributed by atoms with van der Waals surface area (Å²) in [5.74, 6) is 2.42. The quantitative estimate of drug-likeness (QED) is 0.148. The molecule has 3 aromatic heterocycles. The van der Waals surface area contributed by atoms with Gasteiger partial charge in [0.05, 0.1) is 0 Å². The van der Waals surface area contributed by atoms with Crippen LogP contribution in [0.1, 0.15) is 105 Å². The van der Waals surface area contributed by atoms with E-state index in [0.29, 0.717) is 45.9 Å². The van der Waals surface area contributed by atoms with E-state index in [2.05, 4.69) is 166 Å². The Morgan fingerprint density at radius 1 is 0.316 bits per heavy atom.